The van der Waals surface area contributed by atoms with Gasteiger partial charge in [-0.1, -0.05) is 19.8 Å². The number of hydrogen-bond acceptors (Lipinski definition) is 4. The predicted molar refractivity (Wildman–Crippen MR) is 61.8 cm³/mol. The summed E-state index contributed by atoms with van der Waals surface area (Å²) < 4.78 is 5.08. The Balaban J connectivity index is 3.77. The summed E-state index contributed by atoms with van der Waals surface area (Å²) in [6, 6.07) is -0.436. The zero-order chi connectivity index (χ0) is 12.4. The van der Waals surface area contributed by atoms with Crippen molar-refractivity contribution in [3.63, 3.8) is 0 Å². The number of rotatable bonds is 9. The van der Waals surface area contributed by atoms with E-state index in [4.69, 9.17) is 10.5 Å². The molecule has 0 saturated heterocycles. The van der Waals surface area contributed by atoms with Crippen molar-refractivity contribution in [1.29, 1.82) is 0 Å². The van der Waals surface area contributed by atoms with Gasteiger partial charge in [0.25, 0.3) is 0 Å². The van der Waals surface area contributed by atoms with E-state index in [2.05, 4.69) is 12.2 Å². The summed E-state index contributed by atoms with van der Waals surface area (Å²) in [7, 11) is 1.67. The fourth-order valence-corrected chi connectivity index (χ4v) is 1.29. The Morgan fingerprint density at radius 3 is 2.56 bits per heavy atom. The zero-order valence-electron chi connectivity index (χ0n) is 10.1. The van der Waals surface area contributed by atoms with Gasteiger partial charge in [-0.15, -0.1) is 0 Å². The van der Waals surface area contributed by atoms with Gasteiger partial charge in [0.1, 0.15) is 6.04 Å². The van der Waals surface area contributed by atoms with Gasteiger partial charge in [0, 0.05) is 6.42 Å². The van der Waals surface area contributed by atoms with E-state index < -0.39 is 11.9 Å². The highest BCUT2D eigenvalue weighted by atomic mass is 16.5. The highest BCUT2D eigenvalue weighted by molar-refractivity contribution is 5.78. The lowest BCUT2D eigenvalue weighted by molar-refractivity contribution is -0.146. The fourth-order valence-electron chi connectivity index (χ4n) is 1.29. The molecule has 0 aliphatic heterocycles. The summed E-state index contributed by atoms with van der Waals surface area (Å²) in [5, 5.41) is 2.82. The van der Waals surface area contributed by atoms with Gasteiger partial charge in [-0.25, -0.2) is 0 Å². The fraction of sp³-hybridized carbons (Fsp3) is 0.818. The maximum Gasteiger partial charge on any atom is 0.323 e. The topological polar surface area (TPSA) is 81.4 Å². The van der Waals surface area contributed by atoms with Crippen LogP contribution >= 0.6 is 0 Å². The minimum absolute atomic E-state index is 0.190. The van der Waals surface area contributed by atoms with Crippen molar-refractivity contribution in [2.75, 3.05) is 13.7 Å². The lowest BCUT2D eigenvalue weighted by atomic mass is 10.1. The molecule has 0 aliphatic rings. The average molecular weight is 230 g/mol. The van der Waals surface area contributed by atoms with E-state index in [1.807, 2.05) is 0 Å². The van der Waals surface area contributed by atoms with Crippen molar-refractivity contribution in [1.82, 2.24) is 5.32 Å². The highest BCUT2D eigenvalue weighted by Crippen LogP contribution is 2.01. The number of likely N-dealkylation sites (N-methyl/N-ethyl adjacent to an activating group) is 1. The number of primary amides is 1. The predicted octanol–water partition coefficient (Wildman–Crippen LogP) is 0.573. The molecule has 0 radical (unpaired) electrons. The van der Waals surface area contributed by atoms with Crippen LogP contribution in [0.2, 0.25) is 0 Å². The number of unbranched alkanes of at least 4 members (excludes halogenated alkanes) is 2. The molecular weight excluding hydrogens is 208 g/mol. The maximum atomic E-state index is 11.5. The summed E-state index contributed by atoms with van der Waals surface area (Å²) in [6.45, 7) is 2.53. The molecule has 0 rings (SSSR count). The lowest BCUT2D eigenvalue weighted by Gasteiger charge is -2.14. The Hall–Kier alpha value is -1.10. The summed E-state index contributed by atoms with van der Waals surface area (Å²) >= 11 is 0. The number of ether oxygens (including phenoxy) is 1. The monoisotopic (exact) mass is 230 g/mol. The summed E-state index contributed by atoms with van der Waals surface area (Å²) in [6.07, 6.45) is 3.61. The van der Waals surface area contributed by atoms with E-state index in [1.54, 1.807) is 7.05 Å². The van der Waals surface area contributed by atoms with Crippen LogP contribution in [0.3, 0.4) is 0 Å². The summed E-state index contributed by atoms with van der Waals surface area (Å²) in [4.78, 5) is 22.1. The lowest BCUT2D eigenvalue weighted by Crippen LogP contribution is -2.36. The molecule has 3 N–H and O–H groups in total. The van der Waals surface area contributed by atoms with E-state index in [0.29, 0.717) is 13.0 Å². The van der Waals surface area contributed by atoms with Crippen LogP contribution in [0.25, 0.3) is 0 Å². The number of nitrogens with two attached hydrogens (primary N) is 1. The zero-order valence-corrected chi connectivity index (χ0v) is 10.1. The molecule has 0 spiro atoms. The third kappa shape index (κ3) is 7.23. The Labute approximate surface area is 96.7 Å². The molecular formula is C11H22N2O3. The van der Waals surface area contributed by atoms with Crippen molar-refractivity contribution >= 4 is 11.9 Å². The third-order valence-electron chi connectivity index (χ3n) is 2.30. The van der Waals surface area contributed by atoms with Gasteiger partial charge in [0.15, 0.2) is 0 Å². The van der Waals surface area contributed by atoms with Crippen molar-refractivity contribution < 1.29 is 14.3 Å². The van der Waals surface area contributed by atoms with E-state index in [9.17, 15) is 9.59 Å². The van der Waals surface area contributed by atoms with Crippen molar-refractivity contribution in [3.05, 3.63) is 0 Å². The van der Waals surface area contributed by atoms with E-state index in [-0.39, 0.29) is 12.4 Å². The van der Waals surface area contributed by atoms with Gasteiger partial charge in [0.05, 0.1) is 6.61 Å². The summed E-state index contributed by atoms with van der Waals surface area (Å²) in [5.41, 5.74) is 5.02. The number of hydrogen-bond donors (Lipinski definition) is 2. The Morgan fingerprint density at radius 2 is 2.06 bits per heavy atom. The molecule has 0 unspecified atom stereocenters. The van der Waals surface area contributed by atoms with Crippen LogP contribution < -0.4 is 11.1 Å². The maximum absolute atomic E-state index is 11.5. The van der Waals surface area contributed by atoms with Crippen LogP contribution in [0.15, 0.2) is 0 Å². The number of esters is 1. The van der Waals surface area contributed by atoms with Crippen LogP contribution in [-0.4, -0.2) is 31.6 Å². The van der Waals surface area contributed by atoms with Crippen molar-refractivity contribution in [2.45, 2.75) is 45.1 Å². The SMILES string of the molecule is CCCCCOC(=O)[C@H](CCC(N)=O)NC. The normalized spacial score (nSPS) is 12.1. The molecule has 0 bridgehead atoms. The highest BCUT2D eigenvalue weighted by Gasteiger charge is 2.18. The van der Waals surface area contributed by atoms with E-state index in [1.165, 1.54) is 0 Å². The van der Waals surface area contributed by atoms with Crippen LogP contribution in [0, 0.1) is 0 Å². The summed E-state index contributed by atoms with van der Waals surface area (Å²) in [5.74, 6) is -0.709. The molecule has 16 heavy (non-hydrogen) atoms. The largest absolute Gasteiger partial charge is 0.465 e. The number of carbonyl (C=O) groups is 2. The second kappa shape index (κ2) is 9.15. The van der Waals surface area contributed by atoms with Crippen LogP contribution in [-0.2, 0) is 14.3 Å². The first-order valence-corrected chi connectivity index (χ1v) is 5.74. The van der Waals surface area contributed by atoms with E-state index in [0.717, 1.165) is 19.3 Å². The first-order valence-electron chi connectivity index (χ1n) is 5.74. The quantitative estimate of drug-likeness (QED) is 0.448. The third-order valence-corrected chi connectivity index (χ3v) is 2.30. The number of nitrogens with one attached hydrogen (secondary N) is 1. The standard InChI is InChI=1S/C11H22N2O3/c1-3-4-5-8-16-11(15)9(13-2)6-7-10(12)14/h9,13H,3-8H2,1-2H3,(H2,12,14)/t9-/m0/s1. The minimum Gasteiger partial charge on any atom is -0.465 e. The second-order valence-electron chi connectivity index (χ2n) is 3.72. The molecule has 0 fully saturated rings. The van der Waals surface area contributed by atoms with Crippen LogP contribution in [0.4, 0.5) is 0 Å². The molecule has 0 saturated carbocycles. The second-order valence-corrected chi connectivity index (χ2v) is 3.72. The molecule has 5 heteroatoms. The molecule has 0 aromatic heterocycles. The molecule has 0 aromatic carbocycles. The Morgan fingerprint density at radius 1 is 1.38 bits per heavy atom. The molecule has 94 valence electrons. The van der Waals surface area contributed by atoms with Gasteiger partial charge >= 0.3 is 5.97 Å². The van der Waals surface area contributed by atoms with Crippen molar-refractivity contribution in [2.24, 2.45) is 5.73 Å². The molecule has 0 aromatic rings. The Bertz CT molecular complexity index is 219. The van der Waals surface area contributed by atoms with Crippen molar-refractivity contribution in [3.8, 4) is 0 Å². The molecule has 5 nitrogen and oxygen atoms in total. The van der Waals surface area contributed by atoms with Crippen LogP contribution in [0.5, 0.6) is 0 Å². The molecule has 0 aliphatic carbocycles. The van der Waals surface area contributed by atoms with Gasteiger partial charge in [-0.2, -0.15) is 0 Å². The van der Waals surface area contributed by atoms with E-state index >= 15 is 0 Å². The molecule has 0 heterocycles. The van der Waals surface area contributed by atoms with Crippen LogP contribution in [0.1, 0.15) is 39.0 Å². The number of amides is 1. The number of carbonyl (C=O) groups excluding carboxylic acids is 2. The molecule has 1 atom stereocenters. The van der Waals surface area contributed by atoms with Gasteiger partial charge in [-0.05, 0) is 19.9 Å². The molecule has 1 amide bonds. The van der Waals surface area contributed by atoms with Gasteiger partial charge in [0.2, 0.25) is 5.91 Å². The Kier molecular flexibility index (Phi) is 8.52. The minimum atomic E-state index is -0.436. The smallest absolute Gasteiger partial charge is 0.323 e. The van der Waals surface area contributed by atoms with Gasteiger partial charge in [-0.3, -0.25) is 9.59 Å². The first kappa shape index (κ1) is 14.9. The first-order chi connectivity index (χ1) is 7.61. The average Bonchev–Trinajstić information content (AvgIpc) is 2.25. The van der Waals surface area contributed by atoms with Gasteiger partial charge < -0.3 is 15.8 Å².